The Morgan fingerprint density at radius 3 is 2.96 bits per heavy atom. The van der Waals surface area contributed by atoms with E-state index in [0.717, 1.165) is 59.1 Å². The molecule has 0 amide bonds. The Labute approximate surface area is 175 Å². The molecule has 0 saturated carbocycles. The van der Waals surface area contributed by atoms with Crippen molar-refractivity contribution in [1.29, 1.82) is 0 Å². The molecule has 6 nitrogen and oxygen atoms in total. The van der Waals surface area contributed by atoms with Crippen molar-refractivity contribution in [2.24, 2.45) is 5.92 Å². The molecule has 1 aliphatic heterocycles. The molecule has 3 aromatic heterocycles. The summed E-state index contributed by atoms with van der Waals surface area (Å²) < 4.78 is 12.7. The highest BCUT2D eigenvalue weighted by atomic mass is 32.2. The third kappa shape index (κ3) is 3.42. The quantitative estimate of drug-likeness (QED) is 0.577. The lowest BCUT2D eigenvalue weighted by Crippen LogP contribution is -2.29. The van der Waals surface area contributed by atoms with Gasteiger partial charge in [-0.2, -0.15) is 4.37 Å². The van der Waals surface area contributed by atoms with Gasteiger partial charge in [0.1, 0.15) is 10.7 Å². The van der Waals surface area contributed by atoms with Crippen LogP contribution in [0.1, 0.15) is 42.5 Å². The van der Waals surface area contributed by atoms with Crippen molar-refractivity contribution in [2.75, 3.05) is 6.61 Å². The first-order chi connectivity index (χ1) is 13.6. The molecule has 0 radical (unpaired) electrons. The molecule has 1 fully saturated rings. The summed E-state index contributed by atoms with van der Waals surface area (Å²) in [6.07, 6.45) is 5.31. The van der Waals surface area contributed by atoms with Gasteiger partial charge in [-0.25, -0.2) is 9.97 Å². The van der Waals surface area contributed by atoms with Crippen LogP contribution in [0.25, 0.3) is 10.2 Å². The van der Waals surface area contributed by atoms with Gasteiger partial charge in [0.05, 0.1) is 18.0 Å². The van der Waals surface area contributed by atoms with E-state index in [1.54, 1.807) is 11.3 Å². The standard InChI is InChI=1S/C19H22N4O2S3/c1-10-5-6-13-14(8-10)26-16-15(13)17(24)23(9-12-4-3-7-25-12)18(21-16)27-19-20-11(2)22-28-19/h10,12H,3-9H2,1-2H3. The second-order valence-corrected chi connectivity index (χ2v) is 10.7. The summed E-state index contributed by atoms with van der Waals surface area (Å²) in [6.45, 7) is 5.50. The maximum atomic E-state index is 13.6. The normalized spacial score (nSPS) is 22.1. The van der Waals surface area contributed by atoms with Crippen molar-refractivity contribution in [1.82, 2.24) is 18.9 Å². The maximum Gasteiger partial charge on any atom is 0.263 e. The summed E-state index contributed by atoms with van der Waals surface area (Å²) >= 11 is 4.49. The summed E-state index contributed by atoms with van der Waals surface area (Å²) in [5.74, 6) is 1.43. The molecule has 0 N–H and O–H groups in total. The fourth-order valence-corrected chi connectivity index (χ4v) is 7.11. The van der Waals surface area contributed by atoms with Crippen LogP contribution in [0.3, 0.4) is 0 Å². The first-order valence-corrected chi connectivity index (χ1v) is 12.1. The molecule has 0 spiro atoms. The SMILES string of the molecule is Cc1nsc(Sc2nc3sc4c(c3c(=O)n2CC2CCCO2)CCC(C)C4)n1. The molecule has 2 unspecified atom stereocenters. The smallest absolute Gasteiger partial charge is 0.263 e. The van der Waals surface area contributed by atoms with Gasteiger partial charge in [0.25, 0.3) is 5.56 Å². The molecule has 28 heavy (non-hydrogen) atoms. The van der Waals surface area contributed by atoms with E-state index in [1.807, 2.05) is 11.5 Å². The number of hydrogen-bond acceptors (Lipinski definition) is 8. The fourth-order valence-electron chi connectivity index (χ4n) is 4.03. The number of thiophene rings is 1. The minimum absolute atomic E-state index is 0.0799. The predicted molar refractivity (Wildman–Crippen MR) is 113 cm³/mol. The summed E-state index contributed by atoms with van der Waals surface area (Å²) in [5.41, 5.74) is 1.32. The maximum absolute atomic E-state index is 13.6. The van der Waals surface area contributed by atoms with Gasteiger partial charge < -0.3 is 4.74 Å². The lowest BCUT2D eigenvalue weighted by Gasteiger charge is -2.18. The number of hydrogen-bond donors (Lipinski definition) is 0. The summed E-state index contributed by atoms with van der Waals surface area (Å²) in [7, 11) is 0. The minimum Gasteiger partial charge on any atom is -0.376 e. The topological polar surface area (TPSA) is 69.9 Å². The Hall–Kier alpha value is -1.29. The first kappa shape index (κ1) is 18.7. The van der Waals surface area contributed by atoms with Crippen LogP contribution in [0.2, 0.25) is 0 Å². The molecule has 2 atom stereocenters. The van der Waals surface area contributed by atoms with E-state index in [2.05, 4.69) is 16.3 Å². The highest BCUT2D eigenvalue weighted by Crippen LogP contribution is 2.37. The number of ether oxygens (including phenoxy) is 1. The molecular formula is C19H22N4O2S3. The van der Waals surface area contributed by atoms with Gasteiger partial charge in [-0.1, -0.05) is 6.92 Å². The molecule has 1 aliphatic carbocycles. The van der Waals surface area contributed by atoms with Crippen LogP contribution in [0.15, 0.2) is 14.3 Å². The Morgan fingerprint density at radius 2 is 2.21 bits per heavy atom. The van der Waals surface area contributed by atoms with Crippen molar-refractivity contribution >= 4 is 44.8 Å². The van der Waals surface area contributed by atoms with Crippen LogP contribution in [0, 0.1) is 12.8 Å². The number of nitrogens with zero attached hydrogens (tertiary/aromatic N) is 4. The Balaban J connectivity index is 1.64. The van der Waals surface area contributed by atoms with Crippen LogP contribution in [-0.4, -0.2) is 31.6 Å². The van der Waals surface area contributed by atoms with Gasteiger partial charge in [0, 0.05) is 11.5 Å². The predicted octanol–water partition coefficient (Wildman–Crippen LogP) is 4.07. The van der Waals surface area contributed by atoms with Gasteiger partial charge in [-0.05, 0) is 73.8 Å². The molecule has 148 valence electrons. The Bertz CT molecular complexity index is 1080. The summed E-state index contributed by atoms with van der Waals surface area (Å²) in [4.78, 5) is 25.2. The third-order valence-corrected chi connectivity index (χ3v) is 8.46. The second-order valence-electron chi connectivity index (χ2n) is 7.69. The van der Waals surface area contributed by atoms with Crippen LogP contribution in [-0.2, 0) is 24.1 Å². The van der Waals surface area contributed by atoms with Crippen molar-refractivity contribution < 1.29 is 4.74 Å². The van der Waals surface area contributed by atoms with Gasteiger partial charge in [0.2, 0.25) is 0 Å². The van der Waals surface area contributed by atoms with Gasteiger partial charge in [0.15, 0.2) is 9.50 Å². The van der Waals surface area contributed by atoms with Crippen LogP contribution in [0.4, 0.5) is 0 Å². The largest absolute Gasteiger partial charge is 0.376 e. The van der Waals surface area contributed by atoms with Crippen molar-refractivity contribution in [2.45, 2.75) is 68.1 Å². The van der Waals surface area contributed by atoms with Crippen LogP contribution in [0.5, 0.6) is 0 Å². The van der Waals surface area contributed by atoms with Crippen molar-refractivity contribution in [3.8, 4) is 0 Å². The van der Waals surface area contributed by atoms with Gasteiger partial charge in [-0.3, -0.25) is 9.36 Å². The van der Waals surface area contributed by atoms with E-state index in [-0.39, 0.29) is 11.7 Å². The molecule has 4 heterocycles. The lowest BCUT2D eigenvalue weighted by atomic mass is 9.89. The molecule has 3 aromatic rings. The van der Waals surface area contributed by atoms with Gasteiger partial charge >= 0.3 is 0 Å². The zero-order valence-electron chi connectivity index (χ0n) is 15.9. The third-order valence-electron chi connectivity index (χ3n) is 5.48. The molecule has 2 aliphatic rings. The average molecular weight is 435 g/mol. The average Bonchev–Trinajstić information content (AvgIpc) is 3.38. The summed E-state index contributed by atoms with van der Waals surface area (Å²) in [5, 5.41) is 1.54. The van der Waals surface area contributed by atoms with E-state index >= 15 is 0 Å². The summed E-state index contributed by atoms with van der Waals surface area (Å²) in [6, 6.07) is 0. The molecule has 0 bridgehead atoms. The highest BCUT2D eigenvalue weighted by molar-refractivity contribution is 8.00. The Morgan fingerprint density at radius 1 is 1.32 bits per heavy atom. The number of rotatable bonds is 4. The van der Waals surface area contributed by atoms with Crippen LogP contribution >= 0.6 is 34.6 Å². The lowest BCUT2D eigenvalue weighted by molar-refractivity contribution is 0.0937. The highest BCUT2D eigenvalue weighted by Gasteiger charge is 2.27. The molecule has 1 saturated heterocycles. The second kappa shape index (κ2) is 7.51. The van der Waals surface area contributed by atoms with E-state index in [9.17, 15) is 4.79 Å². The van der Waals surface area contributed by atoms with Crippen molar-refractivity contribution in [3.05, 3.63) is 26.6 Å². The Kier molecular flexibility index (Phi) is 5.02. The van der Waals surface area contributed by atoms with Crippen LogP contribution < -0.4 is 5.56 Å². The van der Waals surface area contributed by atoms with Gasteiger partial charge in [-0.15, -0.1) is 11.3 Å². The van der Waals surface area contributed by atoms with E-state index < -0.39 is 0 Å². The first-order valence-electron chi connectivity index (χ1n) is 9.73. The van der Waals surface area contributed by atoms with E-state index in [4.69, 9.17) is 9.72 Å². The van der Waals surface area contributed by atoms with Crippen molar-refractivity contribution in [3.63, 3.8) is 0 Å². The monoisotopic (exact) mass is 434 g/mol. The molecule has 5 rings (SSSR count). The zero-order chi connectivity index (χ0) is 19.3. The molecule has 9 heteroatoms. The van der Waals surface area contributed by atoms with E-state index in [0.29, 0.717) is 17.6 Å². The number of aromatic nitrogens is 4. The number of aryl methyl sites for hydroxylation is 2. The zero-order valence-corrected chi connectivity index (χ0v) is 18.4. The molecular weight excluding hydrogens is 412 g/mol. The molecule has 0 aromatic carbocycles. The number of fused-ring (bicyclic) bond motifs is 3. The minimum atomic E-state index is 0.0799. The fraction of sp³-hybridized carbons (Fsp3) is 0.579. The van der Waals surface area contributed by atoms with E-state index in [1.165, 1.54) is 33.7 Å².